The average molecular weight is 202 g/mol. The van der Waals surface area contributed by atoms with Crippen molar-refractivity contribution in [1.82, 2.24) is 0 Å². The first-order chi connectivity index (χ1) is 6.27. The van der Waals surface area contributed by atoms with Gasteiger partial charge in [0.1, 0.15) is 0 Å². The summed E-state index contributed by atoms with van der Waals surface area (Å²) in [6, 6.07) is 0. The van der Waals surface area contributed by atoms with Crippen molar-refractivity contribution in [3.63, 3.8) is 0 Å². The molecule has 1 nitrogen and oxygen atoms in total. The van der Waals surface area contributed by atoms with Gasteiger partial charge < -0.3 is 4.74 Å². The van der Waals surface area contributed by atoms with Crippen LogP contribution in [0.5, 0.6) is 0 Å². The second-order valence-electron chi connectivity index (χ2n) is 3.46. The molecule has 0 rings (SSSR count). The van der Waals surface area contributed by atoms with E-state index in [1.54, 1.807) is 0 Å². The fourth-order valence-corrected chi connectivity index (χ4v) is 1.36. The zero-order chi connectivity index (χ0) is 9.94. The van der Waals surface area contributed by atoms with Crippen LogP contribution in [-0.4, -0.2) is 11.7 Å². The number of ether oxygens (including phenoxy) is 1. The lowest BCUT2D eigenvalue weighted by molar-refractivity contribution is 0.297. The topological polar surface area (TPSA) is 9.23 Å². The first kappa shape index (κ1) is 12.9. The fourth-order valence-electron chi connectivity index (χ4n) is 1.28. The summed E-state index contributed by atoms with van der Waals surface area (Å²) < 4.78 is 5.20. The molecule has 0 aromatic heterocycles. The molecule has 0 radical (unpaired) electrons. The van der Waals surface area contributed by atoms with E-state index in [1.807, 2.05) is 6.92 Å². The lowest BCUT2D eigenvalue weighted by Crippen LogP contribution is -1.97. The van der Waals surface area contributed by atoms with Gasteiger partial charge in [0.25, 0.3) is 0 Å². The van der Waals surface area contributed by atoms with E-state index >= 15 is 0 Å². The minimum absolute atomic E-state index is 0.672. The summed E-state index contributed by atoms with van der Waals surface area (Å²) >= 11 is 4.81. The van der Waals surface area contributed by atoms with Gasteiger partial charge in [-0.2, -0.15) is 0 Å². The van der Waals surface area contributed by atoms with Crippen LogP contribution >= 0.6 is 12.2 Å². The van der Waals surface area contributed by atoms with E-state index in [-0.39, 0.29) is 0 Å². The number of rotatable bonds is 8. The summed E-state index contributed by atoms with van der Waals surface area (Å²) in [4.78, 5) is 0. The zero-order valence-electron chi connectivity index (χ0n) is 8.97. The molecule has 0 aromatic carbocycles. The molecule has 0 saturated heterocycles. The first-order valence-electron chi connectivity index (χ1n) is 5.40. The van der Waals surface area contributed by atoms with Crippen LogP contribution in [-0.2, 0) is 4.74 Å². The highest BCUT2D eigenvalue weighted by molar-refractivity contribution is 7.80. The van der Waals surface area contributed by atoms with E-state index in [1.165, 1.54) is 38.5 Å². The highest BCUT2D eigenvalue weighted by atomic mass is 32.1. The van der Waals surface area contributed by atoms with E-state index in [9.17, 15) is 0 Å². The van der Waals surface area contributed by atoms with Crippen molar-refractivity contribution in [2.75, 3.05) is 6.61 Å². The zero-order valence-corrected chi connectivity index (χ0v) is 9.79. The van der Waals surface area contributed by atoms with Crippen LogP contribution in [0.1, 0.15) is 58.8 Å². The molecule has 13 heavy (non-hydrogen) atoms. The average Bonchev–Trinajstić information content (AvgIpc) is 2.09. The maximum atomic E-state index is 5.20. The molecule has 0 bridgehead atoms. The third-order valence-corrected chi connectivity index (χ3v) is 2.17. The fraction of sp³-hybridized carbons (Fsp3) is 0.909. The van der Waals surface area contributed by atoms with Crippen molar-refractivity contribution in [2.24, 2.45) is 0 Å². The molecule has 0 atom stereocenters. The highest BCUT2D eigenvalue weighted by Gasteiger charge is 1.91. The van der Waals surface area contributed by atoms with Gasteiger partial charge >= 0.3 is 0 Å². The number of hydrogen-bond acceptors (Lipinski definition) is 2. The Morgan fingerprint density at radius 1 is 1.00 bits per heavy atom. The maximum Gasteiger partial charge on any atom is 0.156 e. The Labute approximate surface area is 87.9 Å². The van der Waals surface area contributed by atoms with Crippen molar-refractivity contribution in [2.45, 2.75) is 58.8 Å². The molecule has 2 heteroatoms. The van der Waals surface area contributed by atoms with Gasteiger partial charge in [-0.05, 0) is 18.6 Å². The van der Waals surface area contributed by atoms with E-state index in [2.05, 4.69) is 6.92 Å². The van der Waals surface area contributed by atoms with E-state index in [0.717, 1.165) is 13.0 Å². The van der Waals surface area contributed by atoms with Crippen molar-refractivity contribution in [3.05, 3.63) is 0 Å². The molecule has 0 amide bonds. The molecule has 0 fully saturated rings. The van der Waals surface area contributed by atoms with Crippen molar-refractivity contribution < 1.29 is 4.74 Å². The van der Waals surface area contributed by atoms with E-state index in [4.69, 9.17) is 17.0 Å². The Kier molecular flexibility index (Phi) is 9.89. The predicted molar refractivity (Wildman–Crippen MR) is 62.2 cm³/mol. The molecule has 0 heterocycles. The standard InChI is InChI=1S/C11H22OS/c1-3-4-5-6-7-8-9-10-12-11(2)13/h3-10H2,1-2H3. The van der Waals surface area contributed by atoms with Gasteiger partial charge in [0.2, 0.25) is 0 Å². The molecule has 0 aliphatic heterocycles. The summed E-state index contributed by atoms with van der Waals surface area (Å²) in [5.41, 5.74) is 0. The normalized spacial score (nSPS) is 10.0. The largest absolute Gasteiger partial charge is 0.487 e. The monoisotopic (exact) mass is 202 g/mol. The Hall–Kier alpha value is -0.110. The van der Waals surface area contributed by atoms with Crippen LogP contribution in [0.15, 0.2) is 0 Å². The molecule has 0 aromatic rings. The Morgan fingerprint density at radius 3 is 2.08 bits per heavy atom. The van der Waals surface area contributed by atoms with Crippen LogP contribution < -0.4 is 0 Å². The Balaban J connectivity index is 2.87. The van der Waals surface area contributed by atoms with Crippen LogP contribution in [0.3, 0.4) is 0 Å². The van der Waals surface area contributed by atoms with Gasteiger partial charge in [-0.3, -0.25) is 0 Å². The van der Waals surface area contributed by atoms with E-state index in [0.29, 0.717) is 5.05 Å². The molecular weight excluding hydrogens is 180 g/mol. The number of thiocarbonyl (C=S) groups is 1. The number of unbranched alkanes of at least 4 members (excludes halogenated alkanes) is 6. The van der Waals surface area contributed by atoms with Gasteiger partial charge in [-0.15, -0.1) is 0 Å². The van der Waals surface area contributed by atoms with Gasteiger partial charge in [-0.25, -0.2) is 0 Å². The second-order valence-corrected chi connectivity index (χ2v) is 4.04. The SMILES string of the molecule is CCCCCCCCCOC(C)=S. The van der Waals surface area contributed by atoms with Crippen LogP contribution in [0.4, 0.5) is 0 Å². The maximum absolute atomic E-state index is 5.20. The van der Waals surface area contributed by atoms with Gasteiger partial charge in [-0.1, -0.05) is 45.4 Å². The lowest BCUT2D eigenvalue weighted by Gasteiger charge is -2.03. The molecular formula is C11H22OS. The van der Waals surface area contributed by atoms with Crippen molar-refractivity contribution >= 4 is 17.3 Å². The lowest BCUT2D eigenvalue weighted by atomic mass is 10.1. The molecule has 78 valence electrons. The van der Waals surface area contributed by atoms with Gasteiger partial charge in [0.05, 0.1) is 6.61 Å². The van der Waals surface area contributed by atoms with Crippen LogP contribution in [0.25, 0.3) is 0 Å². The van der Waals surface area contributed by atoms with Crippen LogP contribution in [0, 0.1) is 0 Å². The third kappa shape index (κ3) is 11.9. The third-order valence-electron chi connectivity index (χ3n) is 2.05. The minimum atomic E-state index is 0.672. The number of hydrogen-bond donors (Lipinski definition) is 0. The molecule has 0 N–H and O–H groups in total. The Morgan fingerprint density at radius 2 is 1.54 bits per heavy atom. The first-order valence-corrected chi connectivity index (χ1v) is 5.81. The summed E-state index contributed by atoms with van der Waals surface area (Å²) in [5, 5.41) is 0.672. The molecule has 0 unspecified atom stereocenters. The molecule has 0 spiro atoms. The van der Waals surface area contributed by atoms with Crippen molar-refractivity contribution in [1.29, 1.82) is 0 Å². The summed E-state index contributed by atoms with van der Waals surface area (Å²) in [5.74, 6) is 0. The van der Waals surface area contributed by atoms with Crippen molar-refractivity contribution in [3.8, 4) is 0 Å². The minimum Gasteiger partial charge on any atom is -0.487 e. The Bertz CT molecular complexity index is 123. The van der Waals surface area contributed by atoms with Gasteiger partial charge in [0.15, 0.2) is 5.05 Å². The van der Waals surface area contributed by atoms with Crippen LogP contribution in [0.2, 0.25) is 0 Å². The smallest absolute Gasteiger partial charge is 0.156 e. The summed E-state index contributed by atoms with van der Waals surface area (Å²) in [7, 11) is 0. The molecule has 0 aliphatic rings. The quantitative estimate of drug-likeness (QED) is 0.433. The second kappa shape index (κ2) is 9.97. The van der Waals surface area contributed by atoms with E-state index < -0.39 is 0 Å². The summed E-state index contributed by atoms with van der Waals surface area (Å²) in [6.45, 7) is 4.88. The predicted octanol–water partition coefficient (Wildman–Crippen LogP) is 4.10. The highest BCUT2D eigenvalue weighted by Crippen LogP contribution is 2.06. The van der Waals surface area contributed by atoms with Gasteiger partial charge in [0, 0.05) is 6.92 Å². The molecule has 0 saturated carbocycles. The molecule has 0 aliphatic carbocycles. The summed E-state index contributed by atoms with van der Waals surface area (Å²) in [6.07, 6.45) is 9.27.